The van der Waals surface area contributed by atoms with E-state index in [0.29, 0.717) is 5.92 Å². The topological polar surface area (TPSA) is 12.4 Å². The fourth-order valence-electron chi connectivity index (χ4n) is 3.98. The highest BCUT2D eigenvalue weighted by molar-refractivity contribution is 5.85. The number of hydrogen-bond donors (Lipinski definition) is 0. The molecular weight excluding hydrogens is 297 g/mol. The van der Waals surface area contributed by atoms with Crippen LogP contribution in [0.5, 0.6) is 0 Å². The number of benzene rings is 2. The van der Waals surface area contributed by atoms with E-state index >= 15 is 0 Å². The van der Waals surface area contributed by atoms with Crippen LogP contribution < -0.4 is 0 Å². The predicted molar refractivity (Wildman–Crippen MR) is 98.4 cm³/mol. The zero-order valence-corrected chi connectivity index (χ0v) is 13.8. The van der Waals surface area contributed by atoms with Crippen molar-refractivity contribution in [2.45, 2.75) is 38.0 Å². The van der Waals surface area contributed by atoms with E-state index in [9.17, 15) is 4.39 Å². The summed E-state index contributed by atoms with van der Waals surface area (Å²) in [5.41, 5.74) is 5.79. The smallest absolute Gasteiger partial charge is 0.123 e. The van der Waals surface area contributed by atoms with E-state index in [1.807, 2.05) is 18.3 Å². The van der Waals surface area contributed by atoms with E-state index in [1.54, 1.807) is 0 Å². The molecule has 1 aliphatic heterocycles. The molecule has 1 unspecified atom stereocenters. The third kappa shape index (κ3) is 2.82. The van der Waals surface area contributed by atoms with Gasteiger partial charge in [0.25, 0.3) is 0 Å². The monoisotopic (exact) mass is 319 g/mol. The van der Waals surface area contributed by atoms with E-state index < -0.39 is 0 Å². The lowest BCUT2D eigenvalue weighted by molar-refractivity contribution is 0.430. The summed E-state index contributed by atoms with van der Waals surface area (Å²) in [5.74, 6) is 0.542. The van der Waals surface area contributed by atoms with Crippen molar-refractivity contribution < 1.29 is 4.39 Å². The van der Waals surface area contributed by atoms with Gasteiger partial charge < -0.3 is 0 Å². The summed E-state index contributed by atoms with van der Waals surface area (Å²) in [4.78, 5) is 4.61. The Kier molecular flexibility index (Phi) is 4.05. The number of aliphatic imine (C=N–C) groups is 1. The number of rotatable bonds is 3. The van der Waals surface area contributed by atoms with E-state index in [-0.39, 0.29) is 11.7 Å². The minimum absolute atomic E-state index is 0.123. The van der Waals surface area contributed by atoms with Crippen LogP contribution in [0.4, 0.5) is 10.1 Å². The summed E-state index contributed by atoms with van der Waals surface area (Å²) >= 11 is 0. The van der Waals surface area contributed by atoms with Crippen LogP contribution in [0.1, 0.15) is 54.7 Å². The van der Waals surface area contributed by atoms with Gasteiger partial charge >= 0.3 is 0 Å². The van der Waals surface area contributed by atoms with Crippen LogP contribution in [0.3, 0.4) is 0 Å². The quantitative estimate of drug-likeness (QED) is 0.632. The first-order chi connectivity index (χ1) is 11.7. The molecule has 1 aliphatic carbocycles. The molecule has 0 amide bonds. The van der Waals surface area contributed by atoms with Gasteiger partial charge in [-0.15, -0.1) is 0 Å². The van der Waals surface area contributed by atoms with Crippen molar-refractivity contribution >= 4 is 17.5 Å². The SMILES string of the molecule is C=C(c1ccc2c(c1)N=CC2c1ccc(F)cc1)C1CCCCC1. The third-order valence-electron chi connectivity index (χ3n) is 5.43. The molecule has 4 rings (SSSR count). The normalized spacial score (nSPS) is 20.1. The van der Waals surface area contributed by atoms with E-state index in [2.05, 4.69) is 29.8 Å². The summed E-state index contributed by atoms with van der Waals surface area (Å²) in [6.45, 7) is 4.37. The Labute approximate surface area is 142 Å². The molecule has 1 atom stereocenters. The van der Waals surface area contributed by atoms with Crippen LogP contribution in [-0.4, -0.2) is 6.21 Å². The van der Waals surface area contributed by atoms with Crippen molar-refractivity contribution in [2.75, 3.05) is 0 Å². The highest BCUT2D eigenvalue weighted by Gasteiger charge is 2.23. The second-order valence-corrected chi connectivity index (χ2v) is 6.94. The Morgan fingerprint density at radius 2 is 1.75 bits per heavy atom. The average Bonchev–Trinajstić information content (AvgIpc) is 3.05. The van der Waals surface area contributed by atoms with Crippen LogP contribution in [-0.2, 0) is 0 Å². The van der Waals surface area contributed by atoms with Gasteiger partial charge in [0.05, 0.1) is 5.69 Å². The summed E-state index contributed by atoms with van der Waals surface area (Å²) in [5, 5.41) is 0. The minimum Gasteiger partial charge on any atom is -0.260 e. The standard InChI is InChI=1S/C22H22FN/c1-15(16-5-3-2-4-6-16)18-9-12-20-21(14-24-22(20)13-18)17-7-10-19(23)11-8-17/h7-14,16,21H,1-6H2. The molecule has 0 spiro atoms. The molecule has 2 heteroatoms. The van der Waals surface area contributed by atoms with Gasteiger partial charge in [0.15, 0.2) is 0 Å². The zero-order chi connectivity index (χ0) is 16.5. The van der Waals surface area contributed by atoms with Gasteiger partial charge in [0.2, 0.25) is 0 Å². The first-order valence-corrected chi connectivity index (χ1v) is 8.85. The van der Waals surface area contributed by atoms with Crippen LogP contribution in [0.25, 0.3) is 5.57 Å². The summed E-state index contributed by atoms with van der Waals surface area (Å²) < 4.78 is 13.1. The van der Waals surface area contributed by atoms with Gasteiger partial charge in [-0.2, -0.15) is 0 Å². The lowest BCUT2D eigenvalue weighted by Crippen LogP contribution is -2.08. The van der Waals surface area contributed by atoms with Gasteiger partial charge in [-0.25, -0.2) is 4.39 Å². The fraction of sp³-hybridized carbons (Fsp3) is 0.318. The second kappa shape index (κ2) is 6.35. The molecule has 0 aromatic heterocycles. The van der Waals surface area contributed by atoms with Crippen molar-refractivity contribution in [1.82, 2.24) is 0 Å². The first-order valence-electron chi connectivity index (χ1n) is 8.85. The molecular formula is C22H22FN. The van der Waals surface area contributed by atoms with E-state index in [4.69, 9.17) is 0 Å². The Balaban J connectivity index is 1.59. The van der Waals surface area contributed by atoms with Crippen LogP contribution >= 0.6 is 0 Å². The number of fused-ring (bicyclic) bond motifs is 1. The second-order valence-electron chi connectivity index (χ2n) is 6.94. The number of nitrogens with zero attached hydrogens (tertiary/aromatic N) is 1. The predicted octanol–water partition coefficient (Wildman–Crippen LogP) is 6.27. The Bertz CT molecular complexity index is 782. The van der Waals surface area contributed by atoms with E-state index in [1.165, 1.54) is 60.9 Å². The summed E-state index contributed by atoms with van der Waals surface area (Å²) in [6, 6.07) is 13.2. The fourth-order valence-corrected chi connectivity index (χ4v) is 3.98. The molecule has 1 nitrogen and oxygen atoms in total. The van der Waals surface area contributed by atoms with Crippen LogP contribution in [0.2, 0.25) is 0 Å². The molecule has 2 aliphatic rings. The van der Waals surface area contributed by atoms with Gasteiger partial charge in [-0.3, -0.25) is 4.99 Å². The number of allylic oxidation sites excluding steroid dienone is 1. The summed E-state index contributed by atoms with van der Waals surface area (Å²) in [7, 11) is 0. The molecule has 0 radical (unpaired) electrons. The van der Waals surface area contributed by atoms with Crippen LogP contribution in [0, 0.1) is 11.7 Å². The van der Waals surface area contributed by atoms with Crippen molar-refractivity contribution in [2.24, 2.45) is 10.9 Å². The molecule has 2 aromatic carbocycles. The highest BCUT2D eigenvalue weighted by atomic mass is 19.1. The molecule has 24 heavy (non-hydrogen) atoms. The maximum Gasteiger partial charge on any atom is 0.123 e. The molecule has 0 bridgehead atoms. The molecule has 0 saturated heterocycles. The first kappa shape index (κ1) is 15.3. The van der Waals surface area contributed by atoms with Crippen molar-refractivity contribution in [3.05, 3.63) is 71.6 Å². The largest absolute Gasteiger partial charge is 0.260 e. The van der Waals surface area contributed by atoms with Crippen molar-refractivity contribution in [1.29, 1.82) is 0 Å². The lowest BCUT2D eigenvalue weighted by atomic mass is 9.81. The molecule has 1 saturated carbocycles. The molecule has 1 fully saturated rings. The maximum atomic E-state index is 13.1. The molecule has 122 valence electrons. The number of halogens is 1. The Morgan fingerprint density at radius 3 is 2.50 bits per heavy atom. The Morgan fingerprint density at radius 1 is 1.00 bits per heavy atom. The van der Waals surface area contributed by atoms with Crippen molar-refractivity contribution in [3.8, 4) is 0 Å². The molecule has 1 heterocycles. The number of hydrogen-bond acceptors (Lipinski definition) is 1. The van der Waals surface area contributed by atoms with Gasteiger partial charge in [0.1, 0.15) is 5.82 Å². The molecule has 0 N–H and O–H groups in total. The zero-order valence-electron chi connectivity index (χ0n) is 13.8. The molecule has 2 aromatic rings. The van der Waals surface area contributed by atoms with Gasteiger partial charge in [-0.1, -0.05) is 50.1 Å². The van der Waals surface area contributed by atoms with Crippen LogP contribution in [0.15, 0.2) is 54.0 Å². The maximum absolute atomic E-state index is 13.1. The third-order valence-corrected chi connectivity index (χ3v) is 5.43. The van der Waals surface area contributed by atoms with Gasteiger partial charge in [-0.05, 0) is 59.2 Å². The van der Waals surface area contributed by atoms with E-state index in [0.717, 1.165) is 11.3 Å². The average molecular weight is 319 g/mol. The van der Waals surface area contributed by atoms with Gasteiger partial charge in [0, 0.05) is 12.1 Å². The highest BCUT2D eigenvalue weighted by Crippen LogP contribution is 2.40. The van der Waals surface area contributed by atoms with Crippen molar-refractivity contribution in [3.63, 3.8) is 0 Å². The Hall–Kier alpha value is -2.22. The summed E-state index contributed by atoms with van der Waals surface area (Å²) in [6.07, 6.45) is 8.48. The lowest BCUT2D eigenvalue weighted by Gasteiger charge is -2.24. The minimum atomic E-state index is -0.201.